The zero-order valence-electron chi connectivity index (χ0n) is 8.87. The van der Waals surface area contributed by atoms with Crippen LogP contribution in [0.2, 0.25) is 5.02 Å². The van der Waals surface area contributed by atoms with Gasteiger partial charge in [-0.15, -0.1) is 0 Å². The third-order valence-corrected chi connectivity index (χ3v) is 2.49. The van der Waals surface area contributed by atoms with E-state index in [0.717, 1.165) is 0 Å². The summed E-state index contributed by atoms with van der Waals surface area (Å²) < 4.78 is 13.1. The lowest BCUT2D eigenvalue weighted by molar-refractivity contribution is 0.137. The van der Waals surface area contributed by atoms with Crippen LogP contribution in [-0.2, 0) is 6.42 Å². The highest BCUT2D eigenvalue weighted by Gasteiger charge is 2.11. The molecule has 0 aliphatic rings. The largest absolute Gasteiger partial charge is 0.391 e. The summed E-state index contributed by atoms with van der Waals surface area (Å²) in [5.74, 6) is -0.439. The zero-order valence-corrected chi connectivity index (χ0v) is 9.63. The van der Waals surface area contributed by atoms with Gasteiger partial charge in [-0.3, -0.25) is 0 Å². The van der Waals surface area contributed by atoms with Crippen molar-refractivity contribution in [2.24, 2.45) is 0 Å². The van der Waals surface area contributed by atoms with Gasteiger partial charge in [0.2, 0.25) is 0 Å². The predicted molar refractivity (Wildman–Crippen MR) is 59.7 cm³/mol. The van der Waals surface area contributed by atoms with Crippen molar-refractivity contribution in [3.8, 4) is 0 Å². The summed E-state index contributed by atoms with van der Waals surface area (Å²) in [6, 6.07) is 4.63. The van der Waals surface area contributed by atoms with Gasteiger partial charge in [0.15, 0.2) is 0 Å². The van der Waals surface area contributed by atoms with Crippen LogP contribution in [0.25, 0.3) is 0 Å². The maximum absolute atomic E-state index is 13.1. The molecule has 1 aromatic rings. The monoisotopic (exact) mass is 231 g/mol. The van der Waals surface area contributed by atoms with Gasteiger partial charge in [-0.1, -0.05) is 23.7 Å². The van der Waals surface area contributed by atoms with Crippen LogP contribution in [0, 0.1) is 5.82 Å². The molecule has 0 aliphatic heterocycles. The molecule has 0 radical (unpaired) electrons. The first-order valence-corrected chi connectivity index (χ1v) is 5.14. The van der Waals surface area contributed by atoms with E-state index >= 15 is 0 Å². The predicted octanol–water partition coefficient (Wildman–Crippen LogP) is 1.94. The van der Waals surface area contributed by atoms with Gasteiger partial charge in [0.1, 0.15) is 5.82 Å². The minimum atomic E-state index is -0.528. The second-order valence-electron chi connectivity index (χ2n) is 3.83. The number of aliphatic hydroxyl groups excluding tert-OH is 1. The summed E-state index contributed by atoms with van der Waals surface area (Å²) in [5, 5.41) is 9.77. The van der Waals surface area contributed by atoms with Gasteiger partial charge >= 0.3 is 0 Å². The van der Waals surface area contributed by atoms with E-state index in [9.17, 15) is 9.50 Å². The van der Waals surface area contributed by atoms with E-state index in [-0.39, 0.29) is 5.02 Å². The highest BCUT2D eigenvalue weighted by Crippen LogP contribution is 2.20. The van der Waals surface area contributed by atoms with Gasteiger partial charge in [0.05, 0.1) is 11.1 Å². The van der Waals surface area contributed by atoms with E-state index in [0.29, 0.717) is 18.5 Å². The molecular weight excluding hydrogens is 217 g/mol. The number of hydrogen-bond donors (Lipinski definition) is 1. The average Bonchev–Trinajstić information content (AvgIpc) is 2.11. The molecule has 1 N–H and O–H groups in total. The molecule has 0 fully saturated rings. The van der Waals surface area contributed by atoms with E-state index in [1.54, 1.807) is 12.1 Å². The van der Waals surface area contributed by atoms with Crippen molar-refractivity contribution in [2.75, 3.05) is 20.6 Å². The smallest absolute Gasteiger partial charge is 0.142 e. The lowest BCUT2D eigenvalue weighted by atomic mass is 10.1. The Bertz CT molecular complexity index is 330. The zero-order chi connectivity index (χ0) is 11.4. The molecule has 0 heterocycles. The molecule has 0 aliphatic carbocycles. The average molecular weight is 232 g/mol. The normalized spacial score (nSPS) is 13.2. The SMILES string of the molecule is CN(C)CC(O)Cc1cccc(F)c1Cl. The van der Waals surface area contributed by atoms with Crippen LogP contribution in [-0.4, -0.2) is 36.8 Å². The Hall–Kier alpha value is -0.640. The molecule has 15 heavy (non-hydrogen) atoms. The molecular formula is C11H15ClFNO. The molecule has 0 saturated heterocycles. The van der Waals surface area contributed by atoms with Crippen LogP contribution in [0.1, 0.15) is 5.56 Å². The summed E-state index contributed by atoms with van der Waals surface area (Å²) in [4.78, 5) is 1.87. The van der Waals surface area contributed by atoms with Gasteiger partial charge in [-0.25, -0.2) is 4.39 Å². The minimum absolute atomic E-state index is 0.107. The van der Waals surface area contributed by atoms with Crippen LogP contribution in [0.5, 0.6) is 0 Å². The van der Waals surface area contributed by atoms with Crippen LogP contribution in [0.4, 0.5) is 4.39 Å². The molecule has 1 aromatic carbocycles. The lowest BCUT2D eigenvalue weighted by Gasteiger charge is -2.16. The standard InChI is InChI=1S/C11H15ClFNO/c1-14(2)7-9(15)6-8-4-3-5-10(13)11(8)12/h3-5,9,15H,6-7H2,1-2H3. The van der Waals surface area contributed by atoms with E-state index in [1.165, 1.54) is 6.07 Å². The van der Waals surface area contributed by atoms with Crippen molar-refractivity contribution < 1.29 is 9.50 Å². The Morgan fingerprint density at radius 2 is 2.13 bits per heavy atom. The summed E-state index contributed by atoms with van der Waals surface area (Å²) in [6.45, 7) is 0.535. The number of rotatable bonds is 4. The Kier molecular flexibility index (Phi) is 4.51. The van der Waals surface area contributed by atoms with Crippen LogP contribution >= 0.6 is 11.6 Å². The number of nitrogens with zero attached hydrogens (tertiary/aromatic N) is 1. The number of aliphatic hydroxyl groups is 1. The first kappa shape index (κ1) is 12.4. The molecule has 1 atom stereocenters. The fourth-order valence-corrected chi connectivity index (χ4v) is 1.65. The first-order valence-electron chi connectivity index (χ1n) is 4.76. The summed E-state index contributed by atoms with van der Waals surface area (Å²) in [5.41, 5.74) is 0.644. The number of halogens is 2. The van der Waals surface area contributed by atoms with Crippen molar-refractivity contribution in [3.05, 3.63) is 34.6 Å². The third-order valence-electron chi connectivity index (χ3n) is 2.06. The maximum Gasteiger partial charge on any atom is 0.142 e. The van der Waals surface area contributed by atoms with Gasteiger partial charge in [0, 0.05) is 13.0 Å². The van der Waals surface area contributed by atoms with Crippen molar-refractivity contribution in [3.63, 3.8) is 0 Å². The third kappa shape index (κ3) is 3.78. The molecule has 1 unspecified atom stereocenters. The van der Waals surface area contributed by atoms with Gasteiger partial charge in [-0.05, 0) is 25.7 Å². The minimum Gasteiger partial charge on any atom is -0.391 e. The Balaban J connectivity index is 2.68. The maximum atomic E-state index is 13.1. The quantitative estimate of drug-likeness (QED) is 0.856. The van der Waals surface area contributed by atoms with E-state index < -0.39 is 11.9 Å². The fourth-order valence-electron chi connectivity index (χ4n) is 1.45. The summed E-state index contributed by atoms with van der Waals surface area (Å²) >= 11 is 5.77. The van der Waals surface area contributed by atoms with Crippen molar-refractivity contribution in [2.45, 2.75) is 12.5 Å². The van der Waals surface area contributed by atoms with Gasteiger partial charge in [0.25, 0.3) is 0 Å². The number of hydrogen-bond acceptors (Lipinski definition) is 2. The molecule has 0 spiro atoms. The molecule has 4 heteroatoms. The van der Waals surface area contributed by atoms with Gasteiger partial charge < -0.3 is 10.0 Å². The Morgan fingerprint density at radius 1 is 1.47 bits per heavy atom. The Morgan fingerprint density at radius 3 is 2.73 bits per heavy atom. The molecule has 0 saturated carbocycles. The van der Waals surface area contributed by atoms with Crippen LogP contribution in [0.15, 0.2) is 18.2 Å². The van der Waals surface area contributed by atoms with Gasteiger partial charge in [-0.2, -0.15) is 0 Å². The second kappa shape index (κ2) is 5.45. The highest BCUT2D eigenvalue weighted by atomic mass is 35.5. The fraction of sp³-hybridized carbons (Fsp3) is 0.455. The lowest BCUT2D eigenvalue weighted by Crippen LogP contribution is -2.27. The van der Waals surface area contributed by atoms with Crippen LogP contribution < -0.4 is 0 Å². The first-order chi connectivity index (χ1) is 7.00. The molecule has 84 valence electrons. The molecule has 0 aromatic heterocycles. The molecule has 0 amide bonds. The van der Waals surface area contributed by atoms with E-state index in [4.69, 9.17) is 11.6 Å². The number of benzene rings is 1. The molecule has 1 rings (SSSR count). The summed E-state index contributed by atoms with van der Waals surface area (Å²) in [6.07, 6.45) is -0.159. The Labute approximate surface area is 94.3 Å². The molecule has 2 nitrogen and oxygen atoms in total. The number of likely N-dealkylation sites (N-methyl/N-ethyl adjacent to an activating group) is 1. The van der Waals surface area contributed by atoms with Crippen molar-refractivity contribution in [1.29, 1.82) is 0 Å². The highest BCUT2D eigenvalue weighted by molar-refractivity contribution is 6.31. The van der Waals surface area contributed by atoms with Crippen LogP contribution in [0.3, 0.4) is 0 Å². The topological polar surface area (TPSA) is 23.5 Å². The summed E-state index contributed by atoms with van der Waals surface area (Å²) in [7, 11) is 3.74. The molecule has 0 bridgehead atoms. The van der Waals surface area contributed by atoms with E-state index in [2.05, 4.69) is 0 Å². The second-order valence-corrected chi connectivity index (χ2v) is 4.21. The van der Waals surface area contributed by atoms with E-state index in [1.807, 2.05) is 19.0 Å². The van der Waals surface area contributed by atoms with Crippen molar-refractivity contribution in [1.82, 2.24) is 4.90 Å². The van der Waals surface area contributed by atoms with Crippen molar-refractivity contribution >= 4 is 11.6 Å².